The molecule has 0 aliphatic carbocycles. The Morgan fingerprint density at radius 1 is 1.37 bits per heavy atom. The van der Waals surface area contributed by atoms with E-state index in [0.717, 1.165) is 5.56 Å². The van der Waals surface area contributed by atoms with E-state index < -0.39 is 5.97 Å². The lowest BCUT2D eigenvalue weighted by Gasteiger charge is -2.21. The molecule has 6 heteroatoms. The number of amides is 1. The maximum absolute atomic E-state index is 11.9. The van der Waals surface area contributed by atoms with Gasteiger partial charge in [-0.3, -0.25) is 14.5 Å². The van der Waals surface area contributed by atoms with Crippen LogP contribution in [0.2, 0.25) is 0 Å². The Hall–Kier alpha value is -1.40. The first-order valence-electron chi connectivity index (χ1n) is 6.14. The molecule has 1 aromatic rings. The summed E-state index contributed by atoms with van der Waals surface area (Å²) in [4.78, 5) is 25.9. The average Bonchev–Trinajstić information content (AvgIpc) is 2.81. The highest BCUT2D eigenvalue weighted by Gasteiger charge is 2.12. The molecule has 19 heavy (non-hydrogen) atoms. The lowest BCUT2D eigenvalue weighted by Crippen LogP contribution is -2.36. The predicted molar refractivity (Wildman–Crippen MR) is 75.2 cm³/mol. The summed E-state index contributed by atoms with van der Waals surface area (Å²) >= 11 is 1.62. The molecule has 0 aromatic carbocycles. The molecule has 0 atom stereocenters. The maximum Gasteiger partial charge on any atom is 0.303 e. The van der Waals surface area contributed by atoms with Crippen LogP contribution in [0.25, 0.3) is 0 Å². The van der Waals surface area contributed by atoms with Gasteiger partial charge in [0.15, 0.2) is 0 Å². The van der Waals surface area contributed by atoms with Crippen LogP contribution in [0.1, 0.15) is 18.4 Å². The van der Waals surface area contributed by atoms with Crippen molar-refractivity contribution in [2.75, 3.05) is 27.2 Å². The zero-order valence-corrected chi connectivity index (χ0v) is 12.2. The van der Waals surface area contributed by atoms with Gasteiger partial charge in [0.25, 0.3) is 0 Å². The predicted octanol–water partition coefficient (Wildman–Crippen LogP) is 1.50. The van der Waals surface area contributed by atoms with Crippen molar-refractivity contribution in [3.8, 4) is 0 Å². The highest BCUT2D eigenvalue weighted by molar-refractivity contribution is 7.07. The molecule has 1 N–H and O–H groups in total. The number of thiophene rings is 1. The van der Waals surface area contributed by atoms with Crippen LogP contribution in [0.4, 0.5) is 0 Å². The van der Waals surface area contributed by atoms with Crippen LogP contribution in [0.5, 0.6) is 0 Å². The molecule has 1 rings (SSSR count). The van der Waals surface area contributed by atoms with Crippen LogP contribution < -0.4 is 0 Å². The van der Waals surface area contributed by atoms with Crippen molar-refractivity contribution in [3.63, 3.8) is 0 Å². The zero-order chi connectivity index (χ0) is 14.3. The lowest BCUT2D eigenvalue weighted by atomic mass is 10.3. The number of hydrogen-bond donors (Lipinski definition) is 1. The SMILES string of the molecule is CN(CCCC(=O)O)CC(=O)N(C)Cc1ccsc1. The second-order valence-corrected chi connectivity index (χ2v) is 5.40. The molecular formula is C13H20N2O3S. The van der Waals surface area contributed by atoms with Gasteiger partial charge in [-0.2, -0.15) is 11.3 Å². The van der Waals surface area contributed by atoms with E-state index >= 15 is 0 Å². The van der Waals surface area contributed by atoms with E-state index in [1.807, 2.05) is 28.8 Å². The molecule has 1 aromatic heterocycles. The first-order chi connectivity index (χ1) is 8.99. The molecule has 0 aliphatic rings. The topological polar surface area (TPSA) is 60.9 Å². The Bertz CT molecular complexity index is 406. The first-order valence-corrected chi connectivity index (χ1v) is 7.08. The smallest absolute Gasteiger partial charge is 0.303 e. The molecule has 0 spiro atoms. The second kappa shape index (κ2) is 7.91. The molecule has 1 heterocycles. The van der Waals surface area contributed by atoms with E-state index in [1.165, 1.54) is 0 Å². The third kappa shape index (κ3) is 6.35. The van der Waals surface area contributed by atoms with E-state index in [0.29, 0.717) is 26.1 Å². The zero-order valence-electron chi connectivity index (χ0n) is 11.3. The number of carbonyl (C=O) groups is 2. The van der Waals surface area contributed by atoms with Crippen molar-refractivity contribution in [1.29, 1.82) is 0 Å². The number of rotatable bonds is 8. The van der Waals surface area contributed by atoms with Gasteiger partial charge in [-0.15, -0.1) is 0 Å². The number of aliphatic carboxylic acids is 1. The minimum Gasteiger partial charge on any atom is -0.481 e. The fourth-order valence-corrected chi connectivity index (χ4v) is 2.34. The summed E-state index contributed by atoms with van der Waals surface area (Å²) in [5.41, 5.74) is 1.13. The van der Waals surface area contributed by atoms with Crippen LogP contribution in [-0.4, -0.2) is 54.0 Å². The summed E-state index contributed by atoms with van der Waals surface area (Å²) in [6, 6.07) is 2.00. The van der Waals surface area contributed by atoms with E-state index in [9.17, 15) is 9.59 Å². The molecule has 0 saturated carbocycles. The highest BCUT2D eigenvalue weighted by atomic mass is 32.1. The van der Waals surface area contributed by atoms with Gasteiger partial charge in [-0.1, -0.05) is 0 Å². The summed E-state index contributed by atoms with van der Waals surface area (Å²) in [5, 5.41) is 12.6. The minimum absolute atomic E-state index is 0.0454. The van der Waals surface area contributed by atoms with Crippen LogP contribution in [0, 0.1) is 0 Å². The van der Waals surface area contributed by atoms with Gasteiger partial charge in [-0.05, 0) is 42.4 Å². The van der Waals surface area contributed by atoms with Crippen LogP contribution in [0.3, 0.4) is 0 Å². The second-order valence-electron chi connectivity index (χ2n) is 4.62. The maximum atomic E-state index is 11.9. The molecule has 0 unspecified atom stereocenters. The van der Waals surface area contributed by atoms with Crippen molar-refractivity contribution in [2.24, 2.45) is 0 Å². The molecule has 0 bridgehead atoms. The normalized spacial score (nSPS) is 10.7. The Morgan fingerprint density at radius 2 is 2.11 bits per heavy atom. The molecule has 0 saturated heterocycles. The summed E-state index contributed by atoms with van der Waals surface area (Å²) in [7, 11) is 3.61. The van der Waals surface area contributed by atoms with Gasteiger partial charge in [0.05, 0.1) is 6.54 Å². The molecule has 0 aliphatic heterocycles. The minimum atomic E-state index is -0.797. The fourth-order valence-electron chi connectivity index (χ4n) is 1.68. The number of carboxylic acids is 1. The largest absolute Gasteiger partial charge is 0.481 e. The Balaban J connectivity index is 2.27. The summed E-state index contributed by atoms with van der Waals surface area (Å²) in [6.45, 7) is 1.55. The van der Waals surface area contributed by atoms with Gasteiger partial charge >= 0.3 is 5.97 Å². The molecule has 1 amide bonds. The van der Waals surface area contributed by atoms with Gasteiger partial charge < -0.3 is 10.0 Å². The molecule has 106 valence electrons. The summed E-state index contributed by atoms with van der Waals surface area (Å²) < 4.78 is 0. The molecule has 5 nitrogen and oxygen atoms in total. The van der Waals surface area contributed by atoms with Crippen molar-refractivity contribution in [2.45, 2.75) is 19.4 Å². The lowest BCUT2D eigenvalue weighted by molar-refractivity contribution is -0.137. The summed E-state index contributed by atoms with van der Waals surface area (Å²) in [6.07, 6.45) is 0.705. The van der Waals surface area contributed by atoms with E-state index in [4.69, 9.17) is 5.11 Å². The van der Waals surface area contributed by atoms with Gasteiger partial charge in [0.1, 0.15) is 0 Å². The first kappa shape index (κ1) is 15.7. The van der Waals surface area contributed by atoms with Gasteiger partial charge in [-0.25, -0.2) is 0 Å². The van der Waals surface area contributed by atoms with Crippen molar-refractivity contribution < 1.29 is 14.7 Å². The molecule has 0 radical (unpaired) electrons. The monoisotopic (exact) mass is 284 g/mol. The number of hydrogen-bond acceptors (Lipinski definition) is 4. The van der Waals surface area contributed by atoms with E-state index in [1.54, 1.807) is 23.3 Å². The summed E-state index contributed by atoms with van der Waals surface area (Å²) in [5.74, 6) is -0.752. The Kier molecular flexibility index (Phi) is 6.52. The van der Waals surface area contributed by atoms with E-state index in [2.05, 4.69) is 0 Å². The average molecular weight is 284 g/mol. The van der Waals surface area contributed by atoms with Crippen molar-refractivity contribution in [3.05, 3.63) is 22.4 Å². The van der Waals surface area contributed by atoms with Gasteiger partial charge in [0, 0.05) is 20.0 Å². The Labute approximate surface area is 117 Å². The highest BCUT2D eigenvalue weighted by Crippen LogP contribution is 2.08. The quantitative estimate of drug-likeness (QED) is 0.786. The number of carboxylic acid groups (broad SMARTS) is 1. The molecular weight excluding hydrogens is 264 g/mol. The number of carbonyl (C=O) groups excluding carboxylic acids is 1. The van der Waals surface area contributed by atoms with E-state index in [-0.39, 0.29) is 12.3 Å². The van der Waals surface area contributed by atoms with Crippen molar-refractivity contribution >= 4 is 23.2 Å². The third-order valence-electron chi connectivity index (χ3n) is 2.76. The standard InChI is InChI=1S/C13H20N2O3S/c1-14(6-3-4-13(17)18)9-12(16)15(2)8-11-5-7-19-10-11/h5,7,10H,3-4,6,8-9H2,1-2H3,(H,17,18). The molecule has 0 fully saturated rings. The fraction of sp³-hybridized carbons (Fsp3) is 0.538. The van der Waals surface area contributed by atoms with Crippen LogP contribution in [-0.2, 0) is 16.1 Å². The van der Waals surface area contributed by atoms with Crippen LogP contribution >= 0.6 is 11.3 Å². The van der Waals surface area contributed by atoms with Crippen molar-refractivity contribution in [1.82, 2.24) is 9.80 Å². The number of nitrogens with zero attached hydrogens (tertiary/aromatic N) is 2. The Morgan fingerprint density at radius 3 is 2.68 bits per heavy atom. The van der Waals surface area contributed by atoms with Crippen LogP contribution in [0.15, 0.2) is 16.8 Å². The number of likely N-dealkylation sites (N-methyl/N-ethyl adjacent to an activating group) is 2. The third-order valence-corrected chi connectivity index (χ3v) is 3.49. The van der Waals surface area contributed by atoms with Gasteiger partial charge in [0.2, 0.25) is 5.91 Å².